The van der Waals surface area contributed by atoms with E-state index >= 15 is 0 Å². The fraction of sp³-hybridized carbons (Fsp3) is 0.333. The molecular formula is C27H36ClNO. The molecule has 162 valence electrons. The van der Waals surface area contributed by atoms with Gasteiger partial charge in [0.1, 0.15) is 0 Å². The summed E-state index contributed by atoms with van der Waals surface area (Å²) in [6.07, 6.45) is 4.08. The minimum atomic E-state index is 0.709. The van der Waals surface area contributed by atoms with E-state index in [0.717, 1.165) is 16.6 Å². The number of nitrogens with two attached hydrogens (primary N) is 1. The average molecular weight is 426 g/mol. The molecule has 2 N–H and O–H groups in total. The van der Waals surface area contributed by atoms with E-state index in [2.05, 4.69) is 19.1 Å². The molecule has 30 heavy (non-hydrogen) atoms. The van der Waals surface area contributed by atoms with Crippen LogP contribution in [0.1, 0.15) is 55.7 Å². The van der Waals surface area contributed by atoms with Gasteiger partial charge in [0.15, 0.2) is 0 Å². The molecule has 0 unspecified atom stereocenters. The number of halogens is 1. The summed E-state index contributed by atoms with van der Waals surface area (Å²) in [5, 5.41) is 0.916. The monoisotopic (exact) mass is 425 g/mol. The van der Waals surface area contributed by atoms with E-state index in [1.54, 1.807) is 7.11 Å². The van der Waals surface area contributed by atoms with Crippen molar-refractivity contribution in [1.29, 1.82) is 0 Å². The van der Waals surface area contributed by atoms with Crippen molar-refractivity contribution in [3.8, 4) is 0 Å². The molecule has 1 fully saturated rings. The van der Waals surface area contributed by atoms with Gasteiger partial charge in [-0.05, 0) is 60.6 Å². The average Bonchev–Trinajstić information content (AvgIpc) is 2.74. The van der Waals surface area contributed by atoms with Gasteiger partial charge in [0, 0.05) is 17.8 Å². The molecule has 3 aromatic carbocycles. The van der Waals surface area contributed by atoms with E-state index in [0.29, 0.717) is 6.61 Å². The van der Waals surface area contributed by atoms with Crippen molar-refractivity contribution in [2.24, 2.45) is 0 Å². The van der Waals surface area contributed by atoms with Gasteiger partial charge in [0.25, 0.3) is 0 Å². The predicted molar refractivity (Wildman–Crippen MR) is 132 cm³/mol. The van der Waals surface area contributed by atoms with Gasteiger partial charge in [-0.3, -0.25) is 0 Å². The van der Waals surface area contributed by atoms with Crippen LogP contribution in [-0.4, -0.2) is 7.11 Å². The summed E-state index contributed by atoms with van der Waals surface area (Å²) in [5.74, 6) is 0.795. The number of ether oxygens (including phenoxy) is 1. The Morgan fingerprint density at radius 3 is 1.87 bits per heavy atom. The molecule has 0 saturated heterocycles. The summed E-state index contributed by atoms with van der Waals surface area (Å²) in [4.78, 5) is 0. The second-order valence-electron chi connectivity index (χ2n) is 6.91. The van der Waals surface area contributed by atoms with Crippen LogP contribution in [-0.2, 0) is 11.3 Å². The highest BCUT2D eigenvalue weighted by Crippen LogP contribution is 2.39. The van der Waals surface area contributed by atoms with Crippen LogP contribution in [0.4, 0.5) is 5.69 Å². The Balaban J connectivity index is 0.000000224. The van der Waals surface area contributed by atoms with Crippen LogP contribution in [0.25, 0.3) is 0 Å². The topological polar surface area (TPSA) is 35.2 Å². The maximum atomic E-state index is 6.04. The maximum Gasteiger partial charge on any atom is 0.0713 e. The molecule has 0 aromatic heterocycles. The van der Waals surface area contributed by atoms with E-state index in [1.165, 1.54) is 36.0 Å². The summed E-state index contributed by atoms with van der Waals surface area (Å²) in [6.45, 7) is 6.83. The van der Waals surface area contributed by atoms with E-state index in [4.69, 9.17) is 22.1 Å². The second kappa shape index (κ2) is 15.5. The van der Waals surface area contributed by atoms with Crippen molar-refractivity contribution in [3.05, 3.63) is 101 Å². The van der Waals surface area contributed by atoms with Gasteiger partial charge in [-0.15, -0.1) is 0 Å². The largest absolute Gasteiger partial charge is 0.399 e. The number of para-hydroxylation sites is 1. The lowest BCUT2D eigenvalue weighted by Crippen LogP contribution is -2.10. The summed E-state index contributed by atoms with van der Waals surface area (Å²) in [5.41, 5.74) is 10.1. The first-order valence-electron chi connectivity index (χ1n) is 10.7. The Bertz CT molecular complexity index is 802. The molecule has 0 atom stereocenters. The molecule has 1 saturated carbocycles. The number of methoxy groups -OCH3 is 1. The van der Waals surface area contributed by atoms with E-state index in [1.807, 2.05) is 80.6 Å². The Kier molecular flexibility index (Phi) is 13.3. The molecule has 2 nitrogen and oxygen atoms in total. The van der Waals surface area contributed by atoms with Crippen LogP contribution in [0.2, 0.25) is 5.02 Å². The highest BCUT2D eigenvalue weighted by atomic mass is 35.5. The van der Waals surface area contributed by atoms with Crippen molar-refractivity contribution in [1.82, 2.24) is 0 Å². The minimum Gasteiger partial charge on any atom is -0.399 e. The van der Waals surface area contributed by atoms with Crippen LogP contribution in [0.15, 0.2) is 78.9 Å². The Hall–Kier alpha value is -2.29. The van der Waals surface area contributed by atoms with Crippen LogP contribution in [0, 0.1) is 6.92 Å². The van der Waals surface area contributed by atoms with Crippen molar-refractivity contribution in [2.45, 2.75) is 52.6 Å². The number of nitrogen functional groups attached to an aromatic ring is 1. The van der Waals surface area contributed by atoms with Gasteiger partial charge in [-0.2, -0.15) is 0 Å². The Morgan fingerprint density at radius 2 is 1.43 bits per heavy atom. The highest BCUT2D eigenvalue weighted by Gasteiger charge is 2.21. The lowest BCUT2D eigenvalue weighted by Gasteiger charge is -2.27. The molecule has 1 aliphatic carbocycles. The van der Waals surface area contributed by atoms with Gasteiger partial charge in [0.2, 0.25) is 0 Å². The third-order valence-electron chi connectivity index (χ3n) is 4.81. The first-order chi connectivity index (χ1) is 14.6. The molecule has 3 aromatic rings. The number of benzene rings is 3. The maximum absolute atomic E-state index is 6.04. The van der Waals surface area contributed by atoms with Gasteiger partial charge < -0.3 is 10.5 Å². The molecule has 3 heteroatoms. The van der Waals surface area contributed by atoms with Gasteiger partial charge >= 0.3 is 0 Å². The van der Waals surface area contributed by atoms with E-state index in [-0.39, 0.29) is 0 Å². The van der Waals surface area contributed by atoms with E-state index < -0.39 is 0 Å². The van der Waals surface area contributed by atoms with Crippen molar-refractivity contribution in [2.75, 3.05) is 12.8 Å². The summed E-state index contributed by atoms with van der Waals surface area (Å²) < 4.78 is 4.93. The third-order valence-corrected chi connectivity index (χ3v) is 5.22. The predicted octanol–water partition coefficient (Wildman–Crippen LogP) is 8.04. The zero-order chi connectivity index (χ0) is 22.2. The zero-order valence-electron chi connectivity index (χ0n) is 18.8. The molecular weight excluding hydrogens is 390 g/mol. The molecule has 1 aliphatic rings. The molecule has 0 spiro atoms. The summed E-state index contributed by atoms with van der Waals surface area (Å²) in [6, 6.07) is 25.8. The SMILES string of the molecule is CC.COCc1ccccc1.Cc1c(Cl)cccc1C1CCC1.Nc1ccccc1. The molecule has 0 radical (unpaired) electrons. The van der Waals surface area contributed by atoms with Crippen LogP contribution in [0.5, 0.6) is 0 Å². The Morgan fingerprint density at radius 1 is 0.867 bits per heavy atom. The zero-order valence-corrected chi connectivity index (χ0v) is 19.5. The van der Waals surface area contributed by atoms with Crippen molar-refractivity contribution >= 4 is 17.3 Å². The number of hydrogen-bond acceptors (Lipinski definition) is 2. The first kappa shape index (κ1) is 25.7. The van der Waals surface area contributed by atoms with Gasteiger partial charge in [-0.1, -0.05) is 92.5 Å². The van der Waals surface area contributed by atoms with Crippen molar-refractivity contribution < 1.29 is 4.74 Å². The summed E-state index contributed by atoms with van der Waals surface area (Å²) in [7, 11) is 1.70. The normalized spacial score (nSPS) is 12.0. The van der Waals surface area contributed by atoms with Crippen LogP contribution >= 0.6 is 11.6 Å². The lowest BCUT2D eigenvalue weighted by molar-refractivity contribution is 0.185. The Labute approximate surface area is 188 Å². The smallest absolute Gasteiger partial charge is 0.0713 e. The summed E-state index contributed by atoms with van der Waals surface area (Å²) >= 11 is 6.04. The highest BCUT2D eigenvalue weighted by molar-refractivity contribution is 6.31. The third kappa shape index (κ3) is 9.47. The first-order valence-corrected chi connectivity index (χ1v) is 11.1. The van der Waals surface area contributed by atoms with Crippen LogP contribution in [0.3, 0.4) is 0 Å². The molecule has 0 amide bonds. The number of hydrogen-bond donors (Lipinski definition) is 1. The molecule has 0 heterocycles. The number of anilines is 1. The standard InChI is InChI=1S/C11H13Cl.C8H10O.C6H7N.C2H6/c1-8-10(9-4-2-5-9)6-3-7-11(8)12;1-9-7-8-5-3-2-4-6-8;7-6-4-2-1-3-5-6;1-2/h3,6-7,9H,2,4-5H2,1H3;2-6H,7H2,1H3;1-5H,7H2;1-2H3. The fourth-order valence-corrected chi connectivity index (χ4v) is 3.16. The lowest BCUT2D eigenvalue weighted by atomic mass is 9.78. The van der Waals surface area contributed by atoms with Crippen LogP contribution < -0.4 is 5.73 Å². The number of rotatable bonds is 3. The fourth-order valence-electron chi connectivity index (χ4n) is 2.98. The second-order valence-corrected chi connectivity index (χ2v) is 7.32. The molecule has 0 aliphatic heterocycles. The minimum absolute atomic E-state index is 0.709. The van der Waals surface area contributed by atoms with Gasteiger partial charge in [-0.25, -0.2) is 0 Å². The van der Waals surface area contributed by atoms with Crippen molar-refractivity contribution in [3.63, 3.8) is 0 Å². The van der Waals surface area contributed by atoms with E-state index in [9.17, 15) is 0 Å². The van der Waals surface area contributed by atoms with Gasteiger partial charge in [0.05, 0.1) is 6.61 Å². The molecule has 0 bridgehead atoms. The quantitative estimate of drug-likeness (QED) is 0.431. The molecule has 4 rings (SSSR count).